The third kappa shape index (κ3) is 4.51. The highest BCUT2D eigenvalue weighted by molar-refractivity contribution is 5.33. The number of para-hydroxylation sites is 1. The average molecular weight is 272 g/mol. The van der Waals surface area contributed by atoms with Crippen LogP contribution >= 0.6 is 0 Å². The molecule has 0 aliphatic carbocycles. The molecule has 0 aliphatic heterocycles. The van der Waals surface area contributed by atoms with Crippen molar-refractivity contribution in [1.29, 1.82) is 0 Å². The number of hydrogen-bond acceptors (Lipinski definition) is 4. The van der Waals surface area contributed by atoms with Crippen molar-refractivity contribution in [3.8, 4) is 5.75 Å². The SMILES string of the molecule is C=CCOc1ccccc1CNCCCn1ccnn1. The first-order valence-corrected chi connectivity index (χ1v) is 6.76. The topological polar surface area (TPSA) is 52.0 Å². The maximum atomic E-state index is 5.62. The molecule has 0 spiro atoms. The van der Waals surface area contributed by atoms with E-state index >= 15 is 0 Å². The Morgan fingerprint density at radius 3 is 3.05 bits per heavy atom. The van der Waals surface area contributed by atoms with Gasteiger partial charge in [-0.15, -0.1) is 5.10 Å². The van der Waals surface area contributed by atoms with E-state index in [1.54, 1.807) is 12.3 Å². The van der Waals surface area contributed by atoms with Crippen LogP contribution in [0.1, 0.15) is 12.0 Å². The minimum Gasteiger partial charge on any atom is -0.489 e. The summed E-state index contributed by atoms with van der Waals surface area (Å²) in [5.41, 5.74) is 1.16. The van der Waals surface area contributed by atoms with E-state index in [2.05, 4.69) is 28.3 Å². The lowest BCUT2D eigenvalue weighted by molar-refractivity contribution is 0.357. The van der Waals surface area contributed by atoms with Crippen LogP contribution < -0.4 is 10.1 Å². The van der Waals surface area contributed by atoms with Crippen LogP contribution in [-0.2, 0) is 13.1 Å². The Bertz CT molecular complexity index is 510. The Kier molecular flexibility index (Phi) is 5.79. The molecule has 5 heteroatoms. The van der Waals surface area contributed by atoms with E-state index in [-0.39, 0.29) is 0 Å². The zero-order chi connectivity index (χ0) is 14.0. The van der Waals surface area contributed by atoms with Crippen LogP contribution in [0.5, 0.6) is 5.75 Å². The highest BCUT2D eigenvalue weighted by Crippen LogP contribution is 2.17. The molecule has 106 valence electrons. The van der Waals surface area contributed by atoms with E-state index in [0.29, 0.717) is 6.61 Å². The molecule has 1 aromatic heterocycles. The maximum absolute atomic E-state index is 5.62. The van der Waals surface area contributed by atoms with Gasteiger partial charge in [-0.05, 0) is 19.0 Å². The summed E-state index contributed by atoms with van der Waals surface area (Å²) in [6, 6.07) is 8.05. The summed E-state index contributed by atoms with van der Waals surface area (Å²) in [5, 5.41) is 11.1. The van der Waals surface area contributed by atoms with Gasteiger partial charge in [0.1, 0.15) is 12.4 Å². The Morgan fingerprint density at radius 2 is 2.25 bits per heavy atom. The Balaban J connectivity index is 1.71. The fourth-order valence-electron chi connectivity index (χ4n) is 1.88. The lowest BCUT2D eigenvalue weighted by atomic mass is 10.2. The number of aromatic nitrogens is 3. The highest BCUT2D eigenvalue weighted by Gasteiger charge is 2.01. The van der Waals surface area contributed by atoms with Gasteiger partial charge in [0.2, 0.25) is 0 Å². The average Bonchev–Trinajstić information content (AvgIpc) is 2.99. The van der Waals surface area contributed by atoms with Crippen LogP contribution in [0.15, 0.2) is 49.3 Å². The third-order valence-electron chi connectivity index (χ3n) is 2.86. The number of aryl methyl sites for hydroxylation is 1. The predicted octanol–water partition coefficient (Wildman–Crippen LogP) is 2.02. The van der Waals surface area contributed by atoms with E-state index in [4.69, 9.17) is 4.74 Å². The molecular formula is C15H20N4O. The van der Waals surface area contributed by atoms with Gasteiger partial charge in [0.15, 0.2) is 0 Å². The van der Waals surface area contributed by atoms with Crippen LogP contribution in [0.25, 0.3) is 0 Å². The van der Waals surface area contributed by atoms with Gasteiger partial charge in [0, 0.05) is 24.8 Å². The molecule has 2 rings (SSSR count). The molecule has 0 unspecified atom stereocenters. The van der Waals surface area contributed by atoms with E-state index in [1.807, 2.05) is 29.1 Å². The molecule has 1 N–H and O–H groups in total. The summed E-state index contributed by atoms with van der Waals surface area (Å²) in [6.45, 7) is 6.79. The summed E-state index contributed by atoms with van der Waals surface area (Å²) in [7, 11) is 0. The zero-order valence-electron chi connectivity index (χ0n) is 11.5. The van der Waals surface area contributed by atoms with Crippen molar-refractivity contribution in [2.24, 2.45) is 0 Å². The molecule has 20 heavy (non-hydrogen) atoms. The molecule has 0 radical (unpaired) electrons. The first-order valence-electron chi connectivity index (χ1n) is 6.76. The molecule has 0 aliphatic rings. The van der Waals surface area contributed by atoms with Crippen molar-refractivity contribution in [3.05, 3.63) is 54.9 Å². The van der Waals surface area contributed by atoms with Crippen LogP contribution in [0.2, 0.25) is 0 Å². The second-order valence-electron chi connectivity index (χ2n) is 4.40. The number of nitrogens with zero attached hydrogens (tertiary/aromatic N) is 3. The summed E-state index contributed by atoms with van der Waals surface area (Å²) in [5.74, 6) is 0.913. The summed E-state index contributed by atoms with van der Waals surface area (Å²) in [6.07, 6.45) is 6.33. The Hall–Kier alpha value is -2.14. The largest absolute Gasteiger partial charge is 0.489 e. The number of nitrogens with one attached hydrogen (secondary N) is 1. The van der Waals surface area contributed by atoms with Crippen molar-refractivity contribution in [3.63, 3.8) is 0 Å². The molecule has 1 aromatic carbocycles. The predicted molar refractivity (Wildman–Crippen MR) is 78.5 cm³/mol. The lowest BCUT2D eigenvalue weighted by Crippen LogP contribution is -2.17. The highest BCUT2D eigenvalue weighted by atomic mass is 16.5. The van der Waals surface area contributed by atoms with Gasteiger partial charge in [0.25, 0.3) is 0 Å². The standard InChI is InChI=1S/C15H20N4O/c1-2-12-20-15-7-4-3-6-14(15)13-16-8-5-10-19-11-9-17-18-19/h2-4,6-7,9,11,16H,1,5,8,10,12-13H2. The minimum absolute atomic E-state index is 0.531. The zero-order valence-corrected chi connectivity index (χ0v) is 11.5. The van der Waals surface area contributed by atoms with Crippen LogP contribution in [0.3, 0.4) is 0 Å². The van der Waals surface area contributed by atoms with E-state index in [9.17, 15) is 0 Å². The molecule has 5 nitrogen and oxygen atoms in total. The smallest absolute Gasteiger partial charge is 0.124 e. The summed E-state index contributed by atoms with van der Waals surface area (Å²) >= 11 is 0. The molecule has 0 fully saturated rings. The first-order chi connectivity index (χ1) is 9.90. The van der Waals surface area contributed by atoms with Gasteiger partial charge in [-0.1, -0.05) is 36.1 Å². The van der Waals surface area contributed by atoms with Crippen LogP contribution in [-0.4, -0.2) is 28.1 Å². The summed E-state index contributed by atoms with van der Waals surface area (Å²) in [4.78, 5) is 0. The second kappa shape index (κ2) is 8.12. The Labute approximate surface area is 119 Å². The quantitative estimate of drug-likeness (QED) is 0.560. The fraction of sp³-hybridized carbons (Fsp3) is 0.333. The van der Waals surface area contributed by atoms with Gasteiger partial charge < -0.3 is 10.1 Å². The maximum Gasteiger partial charge on any atom is 0.124 e. The molecule has 0 atom stereocenters. The molecular weight excluding hydrogens is 252 g/mol. The van der Waals surface area contributed by atoms with Crippen molar-refractivity contribution in [2.75, 3.05) is 13.2 Å². The molecule has 1 heterocycles. The van der Waals surface area contributed by atoms with Crippen molar-refractivity contribution >= 4 is 0 Å². The lowest BCUT2D eigenvalue weighted by Gasteiger charge is -2.11. The number of hydrogen-bond donors (Lipinski definition) is 1. The van der Waals surface area contributed by atoms with Gasteiger partial charge in [-0.25, -0.2) is 0 Å². The second-order valence-corrected chi connectivity index (χ2v) is 4.40. The monoisotopic (exact) mass is 272 g/mol. The van der Waals surface area contributed by atoms with E-state index in [1.165, 1.54) is 0 Å². The van der Waals surface area contributed by atoms with Crippen LogP contribution in [0, 0.1) is 0 Å². The van der Waals surface area contributed by atoms with Crippen molar-refractivity contribution in [2.45, 2.75) is 19.5 Å². The first kappa shape index (κ1) is 14.3. The van der Waals surface area contributed by atoms with Crippen molar-refractivity contribution < 1.29 is 4.74 Å². The number of ether oxygens (including phenoxy) is 1. The summed E-state index contributed by atoms with van der Waals surface area (Å²) < 4.78 is 7.46. The molecule has 0 amide bonds. The van der Waals surface area contributed by atoms with E-state index < -0.39 is 0 Å². The molecule has 2 aromatic rings. The van der Waals surface area contributed by atoms with Crippen LogP contribution in [0.4, 0.5) is 0 Å². The molecule has 0 saturated heterocycles. The number of benzene rings is 1. The minimum atomic E-state index is 0.531. The molecule has 0 bridgehead atoms. The van der Waals surface area contributed by atoms with Crippen molar-refractivity contribution in [1.82, 2.24) is 20.3 Å². The third-order valence-corrected chi connectivity index (χ3v) is 2.86. The Morgan fingerprint density at radius 1 is 1.35 bits per heavy atom. The molecule has 0 saturated carbocycles. The van der Waals surface area contributed by atoms with E-state index in [0.717, 1.165) is 37.4 Å². The fourth-order valence-corrected chi connectivity index (χ4v) is 1.88. The van der Waals surface area contributed by atoms with Gasteiger partial charge in [-0.2, -0.15) is 0 Å². The van der Waals surface area contributed by atoms with Gasteiger partial charge in [0.05, 0.1) is 6.20 Å². The number of rotatable bonds is 9. The van der Waals surface area contributed by atoms with Gasteiger partial charge >= 0.3 is 0 Å². The van der Waals surface area contributed by atoms with Gasteiger partial charge in [-0.3, -0.25) is 4.68 Å². The normalized spacial score (nSPS) is 10.4.